The van der Waals surface area contributed by atoms with Gasteiger partial charge in [0.1, 0.15) is 12.4 Å². The van der Waals surface area contributed by atoms with Crippen molar-refractivity contribution in [2.75, 3.05) is 13.2 Å². The number of hydrogen-bond acceptors (Lipinski definition) is 4. The van der Waals surface area contributed by atoms with Crippen LogP contribution in [-0.4, -0.2) is 23.6 Å². The molecule has 0 spiro atoms. The quantitative estimate of drug-likeness (QED) is 0.919. The summed E-state index contributed by atoms with van der Waals surface area (Å²) in [6, 6.07) is 8.51. The van der Waals surface area contributed by atoms with Gasteiger partial charge < -0.3 is 10.1 Å². The maximum Gasteiger partial charge on any atom is 0.157 e. The van der Waals surface area contributed by atoms with E-state index in [1.165, 1.54) is 18.4 Å². The van der Waals surface area contributed by atoms with Gasteiger partial charge in [0, 0.05) is 10.8 Å². The maximum atomic E-state index is 5.71. The molecule has 1 N–H and O–H groups in total. The van der Waals surface area contributed by atoms with Gasteiger partial charge in [-0.25, -0.2) is 0 Å². The lowest BCUT2D eigenvalue weighted by atomic mass is 9.99. The number of rotatable bonds is 4. The van der Waals surface area contributed by atoms with Gasteiger partial charge in [0.15, 0.2) is 5.17 Å². The minimum absolute atomic E-state index is 0.248. The topological polar surface area (TPSA) is 33.6 Å². The lowest BCUT2D eigenvalue weighted by Crippen LogP contribution is -2.27. The van der Waals surface area contributed by atoms with Gasteiger partial charge in [0.25, 0.3) is 0 Å². The minimum Gasteiger partial charge on any atom is -0.491 e. The molecule has 0 amide bonds. The average molecular weight is 290 g/mol. The standard InChI is InChI=1S/C16H22N2OS/c1-3-11(4-2)15-9-17-16(20-15)18-13-10-19-14-8-6-5-7-12(13)14/h5-8,11,13,15H,3-4,9-10H2,1-2H3,(H,17,18). The first-order valence-corrected chi connectivity index (χ1v) is 8.39. The summed E-state index contributed by atoms with van der Waals surface area (Å²) < 4.78 is 5.71. The molecule has 2 atom stereocenters. The van der Waals surface area contributed by atoms with Crippen LogP contribution in [0.3, 0.4) is 0 Å². The molecule has 108 valence electrons. The molecule has 4 heteroatoms. The Morgan fingerprint density at radius 3 is 2.95 bits per heavy atom. The van der Waals surface area contributed by atoms with Gasteiger partial charge in [0.05, 0.1) is 12.6 Å². The summed E-state index contributed by atoms with van der Waals surface area (Å²) in [6.07, 6.45) is 2.48. The molecular formula is C16H22N2OS. The molecule has 20 heavy (non-hydrogen) atoms. The smallest absolute Gasteiger partial charge is 0.157 e. The molecule has 0 bridgehead atoms. The molecular weight excluding hydrogens is 268 g/mol. The number of ether oxygens (including phenoxy) is 1. The molecule has 2 heterocycles. The van der Waals surface area contributed by atoms with Gasteiger partial charge in [-0.3, -0.25) is 4.99 Å². The Morgan fingerprint density at radius 1 is 1.35 bits per heavy atom. The van der Waals surface area contributed by atoms with Crippen LogP contribution >= 0.6 is 11.8 Å². The van der Waals surface area contributed by atoms with Crippen LogP contribution in [0.15, 0.2) is 29.3 Å². The number of benzene rings is 1. The summed E-state index contributed by atoms with van der Waals surface area (Å²) in [5.41, 5.74) is 1.25. The van der Waals surface area contributed by atoms with Crippen LogP contribution in [0.4, 0.5) is 0 Å². The number of aliphatic imine (C=N–C) groups is 1. The van der Waals surface area contributed by atoms with Crippen LogP contribution in [-0.2, 0) is 0 Å². The van der Waals surface area contributed by atoms with Crippen molar-refractivity contribution in [1.82, 2.24) is 5.32 Å². The molecule has 2 aliphatic rings. The lowest BCUT2D eigenvalue weighted by molar-refractivity contribution is 0.325. The third-order valence-electron chi connectivity index (χ3n) is 4.25. The van der Waals surface area contributed by atoms with Gasteiger partial charge in [-0.1, -0.05) is 56.7 Å². The number of para-hydroxylation sites is 1. The van der Waals surface area contributed by atoms with E-state index in [9.17, 15) is 0 Å². The molecule has 1 aromatic carbocycles. The first kappa shape index (κ1) is 13.8. The molecule has 3 nitrogen and oxygen atoms in total. The summed E-state index contributed by atoms with van der Waals surface area (Å²) in [4.78, 5) is 4.68. The Morgan fingerprint density at radius 2 is 2.15 bits per heavy atom. The monoisotopic (exact) mass is 290 g/mol. The van der Waals surface area contributed by atoms with Crippen molar-refractivity contribution in [3.8, 4) is 5.75 Å². The Balaban J connectivity index is 1.61. The van der Waals surface area contributed by atoms with E-state index >= 15 is 0 Å². The molecule has 0 aromatic heterocycles. The minimum atomic E-state index is 0.248. The van der Waals surface area contributed by atoms with Gasteiger partial charge >= 0.3 is 0 Å². The van der Waals surface area contributed by atoms with Gasteiger partial charge in [-0.15, -0.1) is 0 Å². The highest BCUT2D eigenvalue weighted by molar-refractivity contribution is 8.14. The summed E-state index contributed by atoms with van der Waals surface area (Å²) in [5.74, 6) is 1.78. The fourth-order valence-electron chi connectivity index (χ4n) is 2.96. The van der Waals surface area contributed by atoms with Gasteiger partial charge in [-0.2, -0.15) is 0 Å². The van der Waals surface area contributed by atoms with Crippen LogP contribution in [0.1, 0.15) is 38.3 Å². The largest absolute Gasteiger partial charge is 0.491 e. The molecule has 3 rings (SSSR count). The fraction of sp³-hybridized carbons (Fsp3) is 0.562. The van der Waals surface area contributed by atoms with Gasteiger partial charge in [0.2, 0.25) is 0 Å². The number of nitrogens with zero attached hydrogens (tertiary/aromatic N) is 1. The molecule has 2 aliphatic heterocycles. The first-order chi connectivity index (χ1) is 9.81. The van der Waals surface area contributed by atoms with Crippen molar-refractivity contribution in [2.24, 2.45) is 10.9 Å². The molecule has 0 fully saturated rings. The zero-order valence-electron chi connectivity index (χ0n) is 12.1. The van der Waals surface area contributed by atoms with E-state index in [1.807, 2.05) is 23.9 Å². The summed E-state index contributed by atoms with van der Waals surface area (Å²) in [5, 5.41) is 5.29. The average Bonchev–Trinajstić information content (AvgIpc) is 3.09. The Hall–Kier alpha value is -1.16. The molecule has 1 aromatic rings. The molecule has 2 unspecified atom stereocenters. The summed E-state index contributed by atoms with van der Waals surface area (Å²) in [6.45, 7) is 6.21. The Labute approximate surface area is 125 Å². The molecule has 0 saturated heterocycles. The molecule has 0 aliphatic carbocycles. The fourth-order valence-corrected chi connectivity index (χ4v) is 4.33. The van der Waals surface area contributed by atoms with E-state index in [4.69, 9.17) is 4.74 Å². The first-order valence-electron chi connectivity index (χ1n) is 7.51. The van der Waals surface area contributed by atoms with Crippen LogP contribution in [0, 0.1) is 5.92 Å². The van der Waals surface area contributed by atoms with E-state index < -0.39 is 0 Å². The van der Waals surface area contributed by atoms with E-state index in [0.717, 1.165) is 23.4 Å². The number of fused-ring (bicyclic) bond motifs is 1. The summed E-state index contributed by atoms with van der Waals surface area (Å²) in [7, 11) is 0. The van der Waals surface area contributed by atoms with Crippen molar-refractivity contribution in [3.05, 3.63) is 29.8 Å². The van der Waals surface area contributed by atoms with E-state index in [1.54, 1.807) is 0 Å². The molecule has 0 radical (unpaired) electrons. The van der Waals surface area contributed by atoms with Crippen molar-refractivity contribution < 1.29 is 4.74 Å². The zero-order valence-corrected chi connectivity index (χ0v) is 13.0. The van der Waals surface area contributed by atoms with E-state index in [-0.39, 0.29) is 6.04 Å². The second kappa shape index (κ2) is 6.08. The van der Waals surface area contributed by atoms with Crippen molar-refractivity contribution >= 4 is 16.9 Å². The molecule has 0 saturated carbocycles. The third kappa shape index (κ3) is 2.66. The van der Waals surface area contributed by atoms with Crippen molar-refractivity contribution in [3.63, 3.8) is 0 Å². The third-order valence-corrected chi connectivity index (χ3v) is 5.56. The second-order valence-electron chi connectivity index (χ2n) is 5.42. The number of nitrogens with one attached hydrogen (secondary N) is 1. The Bertz CT molecular complexity index is 499. The van der Waals surface area contributed by atoms with E-state index in [0.29, 0.717) is 11.9 Å². The normalized spacial score (nSPS) is 24.4. The lowest BCUT2D eigenvalue weighted by Gasteiger charge is -2.19. The number of amidine groups is 1. The number of hydrogen-bond donors (Lipinski definition) is 1. The van der Waals surface area contributed by atoms with E-state index in [2.05, 4.69) is 36.3 Å². The predicted molar refractivity (Wildman–Crippen MR) is 85.6 cm³/mol. The highest BCUT2D eigenvalue weighted by atomic mass is 32.2. The Kier molecular flexibility index (Phi) is 4.20. The maximum absolute atomic E-state index is 5.71. The second-order valence-corrected chi connectivity index (χ2v) is 6.65. The highest BCUT2D eigenvalue weighted by Gasteiger charge is 2.30. The van der Waals surface area contributed by atoms with Crippen LogP contribution in [0.2, 0.25) is 0 Å². The zero-order chi connectivity index (χ0) is 13.9. The van der Waals surface area contributed by atoms with Crippen LogP contribution in [0.5, 0.6) is 5.75 Å². The summed E-state index contributed by atoms with van der Waals surface area (Å²) >= 11 is 1.91. The van der Waals surface area contributed by atoms with Crippen LogP contribution < -0.4 is 10.1 Å². The number of thioether (sulfide) groups is 1. The SMILES string of the molecule is CCC(CC)C1CN=C(NC2COc3ccccc32)S1. The van der Waals surface area contributed by atoms with Crippen LogP contribution in [0.25, 0.3) is 0 Å². The predicted octanol–water partition coefficient (Wildman–Crippen LogP) is 3.62. The highest BCUT2D eigenvalue weighted by Crippen LogP contribution is 2.35. The van der Waals surface area contributed by atoms with Gasteiger partial charge in [-0.05, 0) is 12.0 Å². The van der Waals surface area contributed by atoms with Crippen molar-refractivity contribution in [2.45, 2.75) is 38.0 Å². The van der Waals surface area contributed by atoms with Crippen molar-refractivity contribution in [1.29, 1.82) is 0 Å².